The number of nitrogens with zero attached hydrogens (tertiary/aromatic N) is 2. The summed E-state index contributed by atoms with van der Waals surface area (Å²) < 4.78 is 0. The molecule has 2 heteroatoms. The van der Waals surface area contributed by atoms with Crippen LogP contribution in [0, 0.1) is 0 Å². The van der Waals surface area contributed by atoms with Gasteiger partial charge in [-0.2, -0.15) is 0 Å². The third-order valence-corrected chi connectivity index (χ3v) is 6.48. The maximum atomic E-state index is 2.41. The molecule has 0 heterocycles. The van der Waals surface area contributed by atoms with Crippen LogP contribution in [0.1, 0.15) is 27.8 Å². The lowest BCUT2D eigenvalue weighted by molar-refractivity contribution is 0.319. The van der Waals surface area contributed by atoms with Crippen LogP contribution in [0.25, 0.3) is 22.3 Å². The highest BCUT2D eigenvalue weighted by Crippen LogP contribution is 2.37. The van der Waals surface area contributed by atoms with Gasteiger partial charge in [-0.15, -0.1) is 0 Å². The molecule has 0 saturated carbocycles. The summed E-state index contributed by atoms with van der Waals surface area (Å²) in [5, 5.41) is 0. The van der Waals surface area contributed by atoms with Gasteiger partial charge in [0.2, 0.25) is 0 Å². The van der Waals surface area contributed by atoms with Gasteiger partial charge in [0.05, 0.1) is 0 Å². The molecular weight excluding hydrogens is 400 g/mol. The summed E-state index contributed by atoms with van der Waals surface area (Å²) in [4.78, 5) is 4.63. The van der Waals surface area contributed by atoms with Gasteiger partial charge in [0, 0.05) is 19.6 Å². The van der Waals surface area contributed by atoms with Gasteiger partial charge in [0.1, 0.15) is 0 Å². The minimum Gasteiger partial charge on any atom is -0.305 e. The molecule has 0 bridgehead atoms. The Kier molecular flexibility index (Phi) is 6.13. The zero-order chi connectivity index (χ0) is 22.8. The minimum absolute atomic E-state index is 0.945. The van der Waals surface area contributed by atoms with Gasteiger partial charge in [-0.1, -0.05) is 91.0 Å². The lowest BCUT2D eigenvalue weighted by atomic mass is 10.0. The highest BCUT2D eigenvalue weighted by molar-refractivity contribution is 5.77. The Bertz CT molecular complexity index is 1240. The number of hydrogen-bond donors (Lipinski definition) is 0. The molecule has 0 N–H and O–H groups in total. The molecule has 1 aliphatic carbocycles. The second-order valence-electron chi connectivity index (χ2n) is 9.63. The summed E-state index contributed by atoms with van der Waals surface area (Å²) in [6.45, 7) is 2.89. The van der Waals surface area contributed by atoms with Crippen molar-refractivity contribution in [2.45, 2.75) is 26.1 Å². The quantitative estimate of drug-likeness (QED) is 0.285. The molecule has 0 radical (unpaired) electrons. The first-order valence-corrected chi connectivity index (χ1v) is 11.8. The molecule has 5 rings (SSSR count). The lowest BCUT2D eigenvalue weighted by Gasteiger charge is -2.18. The van der Waals surface area contributed by atoms with Crippen LogP contribution in [-0.4, -0.2) is 30.9 Å². The van der Waals surface area contributed by atoms with Crippen molar-refractivity contribution in [1.82, 2.24) is 9.80 Å². The lowest BCUT2D eigenvalue weighted by Crippen LogP contribution is -2.17. The van der Waals surface area contributed by atoms with Crippen LogP contribution >= 0.6 is 0 Å². The van der Waals surface area contributed by atoms with Crippen molar-refractivity contribution in [3.05, 3.63) is 119 Å². The van der Waals surface area contributed by atoms with Crippen molar-refractivity contribution in [3.8, 4) is 22.3 Å². The van der Waals surface area contributed by atoms with Crippen LogP contribution in [0.4, 0.5) is 0 Å². The standard InChI is InChI=1S/C31H32N2/c1-32(2)20-24-11-15-30-28(17-24)19-29-18-25(12-16-31(29)30)22-33(3)21-23-9-13-27(14-10-23)26-7-5-4-6-8-26/h4-18H,19-22H2,1-3H3. The van der Waals surface area contributed by atoms with Crippen molar-refractivity contribution in [2.75, 3.05) is 21.1 Å². The SMILES string of the molecule is CN(C)Cc1ccc2c(c1)Cc1cc(CN(C)Cc3ccc(-c4ccccc4)cc3)ccc1-2. The summed E-state index contributed by atoms with van der Waals surface area (Å²) in [5.41, 5.74) is 12.4. The molecule has 0 fully saturated rings. The maximum absolute atomic E-state index is 2.41. The smallest absolute Gasteiger partial charge is 0.0234 e. The third kappa shape index (κ3) is 4.93. The Morgan fingerprint density at radius 2 is 1.06 bits per heavy atom. The van der Waals surface area contributed by atoms with Gasteiger partial charge in [-0.3, -0.25) is 4.90 Å². The Labute approximate surface area is 198 Å². The van der Waals surface area contributed by atoms with Crippen molar-refractivity contribution >= 4 is 0 Å². The predicted octanol–water partition coefficient (Wildman–Crippen LogP) is 6.62. The fourth-order valence-electron chi connectivity index (χ4n) is 4.99. The molecule has 4 aromatic rings. The van der Waals surface area contributed by atoms with Crippen LogP contribution in [0.15, 0.2) is 91.0 Å². The van der Waals surface area contributed by atoms with Gasteiger partial charge in [-0.25, -0.2) is 0 Å². The molecule has 2 nitrogen and oxygen atoms in total. The van der Waals surface area contributed by atoms with E-state index in [1.54, 1.807) is 0 Å². The molecule has 0 amide bonds. The molecule has 1 aliphatic rings. The van der Waals surface area contributed by atoms with Gasteiger partial charge in [0.25, 0.3) is 0 Å². The van der Waals surface area contributed by atoms with Crippen LogP contribution in [0.3, 0.4) is 0 Å². The van der Waals surface area contributed by atoms with E-state index in [9.17, 15) is 0 Å². The van der Waals surface area contributed by atoms with E-state index in [1.165, 1.54) is 50.1 Å². The topological polar surface area (TPSA) is 6.48 Å². The molecule has 4 aromatic carbocycles. The first-order chi connectivity index (χ1) is 16.0. The summed E-state index contributed by atoms with van der Waals surface area (Å²) in [6.07, 6.45) is 1.05. The molecule has 0 aromatic heterocycles. The van der Waals surface area contributed by atoms with Gasteiger partial charge in [-0.05, 0) is 77.6 Å². The first kappa shape index (κ1) is 21.6. The van der Waals surface area contributed by atoms with E-state index >= 15 is 0 Å². The van der Waals surface area contributed by atoms with Gasteiger partial charge < -0.3 is 4.90 Å². The molecule has 0 spiro atoms. The minimum atomic E-state index is 0.945. The predicted molar refractivity (Wildman–Crippen MR) is 139 cm³/mol. The Balaban J connectivity index is 1.24. The Morgan fingerprint density at radius 1 is 0.545 bits per heavy atom. The van der Waals surface area contributed by atoms with E-state index in [-0.39, 0.29) is 0 Å². The number of hydrogen-bond acceptors (Lipinski definition) is 2. The first-order valence-electron chi connectivity index (χ1n) is 11.8. The second kappa shape index (κ2) is 9.35. The van der Waals surface area contributed by atoms with E-state index in [0.29, 0.717) is 0 Å². The summed E-state index contributed by atoms with van der Waals surface area (Å²) in [7, 11) is 6.46. The zero-order valence-corrected chi connectivity index (χ0v) is 19.9. The van der Waals surface area contributed by atoms with Crippen LogP contribution in [0.5, 0.6) is 0 Å². The van der Waals surface area contributed by atoms with E-state index in [1.807, 2.05) is 0 Å². The molecule has 166 valence electrons. The van der Waals surface area contributed by atoms with E-state index < -0.39 is 0 Å². The van der Waals surface area contributed by atoms with E-state index in [0.717, 1.165) is 26.1 Å². The fraction of sp³-hybridized carbons (Fsp3) is 0.226. The van der Waals surface area contributed by atoms with Crippen LogP contribution in [-0.2, 0) is 26.1 Å². The largest absolute Gasteiger partial charge is 0.305 e. The van der Waals surface area contributed by atoms with E-state index in [4.69, 9.17) is 0 Å². The average molecular weight is 433 g/mol. The van der Waals surface area contributed by atoms with Gasteiger partial charge in [0.15, 0.2) is 0 Å². The number of rotatable bonds is 7. The van der Waals surface area contributed by atoms with Crippen molar-refractivity contribution in [3.63, 3.8) is 0 Å². The fourth-order valence-corrected chi connectivity index (χ4v) is 4.99. The molecule has 0 saturated heterocycles. The third-order valence-electron chi connectivity index (χ3n) is 6.48. The summed E-state index contributed by atoms with van der Waals surface area (Å²) in [6, 6.07) is 33.6. The summed E-state index contributed by atoms with van der Waals surface area (Å²) >= 11 is 0. The maximum Gasteiger partial charge on any atom is 0.0234 e. The van der Waals surface area contributed by atoms with E-state index in [2.05, 4.69) is 122 Å². The Hall–Kier alpha value is -3.20. The monoisotopic (exact) mass is 432 g/mol. The van der Waals surface area contributed by atoms with Gasteiger partial charge >= 0.3 is 0 Å². The molecular formula is C31H32N2. The molecule has 0 unspecified atom stereocenters. The van der Waals surface area contributed by atoms with Crippen molar-refractivity contribution < 1.29 is 0 Å². The number of fused-ring (bicyclic) bond motifs is 3. The highest BCUT2D eigenvalue weighted by Gasteiger charge is 2.19. The molecule has 0 atom stereocenters. The second-order valence-corrected chi connectivity index (χ2v) is 9.63. The van der Waals surface area contributed by atoms with Crippen molar-refractivity contribution in [2.24, 2.45) is 0 Å². The number of benzene rings is 4. The van der Waals surface area contributed by atoms with Crippen LogP contribution in [0.2, 0.25) is 0 Å². The normalized spacial score (nSPS) is 12.3. The van der Waals surface area contributed by atoms with Crippen LogP contribution < -0.4 is 0 Å². The average Bonchev–Trinajstić information content (AvgIpc) is 3.16. The highest BCUT2D eigenvalue weighted by atomic mass is 15.1. The van der Waals surface area contributed by atoms with Crippen molar-refractivity contribution in [1.29, 1.82) is 0 Å². The summed E-state index contributed by atoms with van der Waals surface area (Å²) in [5.74, 6) is 0. The Morgan fingerprint density at radius 3 is 1.67 bits per heavy atom. The molecule has 0 aliphatic heterocycles. The molecule has 33 heavy (non-hydrogen) atoms. The zero-order valence-electron chi connectivity index (χ0n) is 19.9.